The predicted molar refractivity (Wildman–Crippen MR) is 111 cm³/mol. The quantitative estimate of drug-likeness (QED) is 0.802. The molecule has 2 rings (SSSR count). The molecule has 1 aromatic rings. The van der Waals surface area contributed by atoms with Gasteiger partial charge in [-0.15, -0.1) is 0 Å². The van der Waals surface area contributed by atoms with Crippen LogP contribution in [0.25, 0.3) is 0 Å². The lowest BCUT2D eigenvalue weighted by atomic mass is 9.94. The van der Waals surface area contributed by atoms with Crippen LogP contribution < -0.4 is 10.6 Å². The molecule has 1 aromatic carbocycles. The number of hydrogen-bond donors (Lipinski definition) is 2. The second-order valence-electron chi connectivity index (χ2n) is 8.34. The highest BCUT2D eigenvalue weighted by atomic mass is 16.2. The van der Waals surface area contributed by atoms with Gasteiger partial charge in [0.15, 0.2) is 0 Å². The van der Waals surface area contributed by atoms with Crippen molar-refractivity contribution < 1.29 is 9.59 Å². The van der Waals surface area contributed by atoms with Crippen molar-refractivity contribution in [1.29, 1.82) is 0 Å². The molecule has 1 heterocycles. The van der Waals surface area contributed by atoms with E-state index in [1.54, 1.807) is 0 Å². The number of likely N-dealkylation sites (tertiary alicyclic amines) is 1. The number of hydrogen-bond acceptors (Lipinski definition) is 3. The minimum absolute atomic E-state index is 0.0123. The minimum atomic E-state index is -0.204. The van der Waals surface area contributed by atoms with Gasteiger partial charge in [0.05, 0.1) is 6.04 Å². The topological polar surface area (TPSA) is 61.4 Å². The molecule has 2 unspecified atom stereocenters. The smallest absolute Gasteiger partial charge is 0.241 e. The summed E-state index contributed by atoms with van der Waals surface area (Å²) in [5.74, 6) is 0.654. The number of nitrogens with one attached hydrogen (secondary N) is 2. The summed E-state index contributed by atoms with van der Waals surface area (Å²) in [4.78, 5) is 27.2. The number of nitrogens with zero attached hydrogens (tertiary/aromatic N) is 1. The number of piperidine rings is 1. The maximum Gasteiger partial charge on any atom is 0.241 e. The molecule has 0 saturated carbocycles. The highest BCUT2D eigenvalue weighted by molar-refractivity contribution is 5.95. The molecule has 5 nitrogen and oxygen atoms in total. The number of carbonyl (C=O) groups is 2. The number of amides is 2. The van der Waals surface area contributed by atoms with Gasteiger partial charge in [-0.05, 0) is 71.2 Å². The average Bonchev–Trinajstić information content (AvgIpc) is 2.63. The molecule has 1 aliphatic heterocycles. The van der Waals surface area contributed by atoms with Gasteiger partial charge < -0.3 is 10.6 Å². The Morgan fingerprint density at radius 2 is 1.70 bits per heavy atom. The summed E-state index contributed by atoms with van der Waals surface area (Å²) in [5, 5.41) is 6.17. The summed E-state index contributed by atoms with van der Waals surface area (Å²) < 4.78 is 0. The lowest BCUT2D eigenvalue weighted by molar-refractivity contribution is -0.128. The van der Waals surface area contributed by atoms with Crippen LogP contribution >= 0.6 is 0 Å². The Bertz CT molecular complexity index is 664. The zero-order chi connectivity index (χ0) is 20.1. The maximum absolute atomic E-state index is 12.7. The zero-order valence-corrected chi connectivity index (χ0v) is 17.6. The summed E-state index contributed by atoms with van der Waals surface area (Å²) in [7, 11) is 0. The van der Waals surface area contributed by atoms with Crippen LogP contribution in [0.4, 0.5) is 5.69 Å². The van der Waals surface area contributed by atoms with Crippen molar-refractivity contribution in [1.82, 2.24) is 10.2 Å². The third kappa shape index (κ3) is 5.80. The molecule has 1 aliphatic rings. The molecule has 27 heavy (non-hydrogen) atoms. The van der Waals surface area contributed by atoms with Crippen LogP contribution in [-0.2, 0) is 9.59 Å². The Labute approximate surface area is 163 Å². The SMILES string of the molecule is Cc1ccc(NC(=O)C(C)N2CCC(C(=O)NC(C)C(C)C)CC2)c(C)c1. The zero-order valence-electron chi connectivity index (χ0n) is 17.6. The highest BCUT2D eigenvalue weighted by Crippen LogP contribution is 2.21. The van der Waals surface area contributed by atoms with Crippen molar-refractivity contribution in [2.24, 2.45) is 11.8 Å². The van der Waals surface area contributed by atoms with Gasteiger partial charge in [0, 0.05) is 17.6 Å². The molecule has 1 saturated heterocycles. The standard InChI is InChI=1S/C22H35N3O2/c1-14(2)17(5)23-22(27)19-9-11-25(12-10-19)18(6)21(26)24-20-8-7-15(3)13-16(20)4/h7-8,13-14,17-19H,9-12H2,1-6H3,(H,23,27)(H,24,26). The van der Waals surface area contributed by atoms with Crippen molar-refractivity contribution >= 4 is 17.5 Å². The normalized spacial score (nSPS) is 18.2. The Kier molecular flexibility index (Phi) is 7.42. The van der Waals surface area contributed by atoms with Crippen molar-refractivity contribution in [2.45, 2.75) is 66.5 Å². The molecule has 2 amide bonds. The Morgan fingerprint density at radius 1 is 1.07 bits per heavy atom. The first-order valence-electron chi connectivity index (χ1n) is 10.1. The maximum atomic E-state index is 12.7. The second-order valence-corrected chi connectivity index (χ2v) is 8.34. The fourth-order valence-electron chi connectivity index (χ4n) is 3.41. The van der Waals surface area contributed by atoms with Gasteiger partial charge >= 0.3 is 0 Å². The second kappa shape index (κ2) is 9.36. The third-order valence-electron chi connectivity index (χ3n) is 5.84. The number of aryl methyl sites for hydroxylation is 2. The molecule has 0 radical (unpaired) electrons. The van der Waals surface area contributed by atoms with E-state index in [0.29, 0.717) is 5.92 Å². The fraction of sp³-hybridized carbons (Fsp3) is 0.636. The minimum Gasteiger partial charge on any atom is -0.353 e. The van der Waals surface area contributed by atoms with Gasteiger partial charge in [-0.3, -0.25) is 14.5 Å². The molecular formula is C22H35N3O2. The van der Waals surface area contributed by atoms with Crippen LogP contribution in [0.5, 0.6) is 0 Å². The van der Waals surface area contributed by atoms with E-state index >= 15 is 0 Å². The van der Waals surface area contributed by atoms with Crippen LogP contribution in [0.15, 0.2) is 18.2 Å². The molecule has 150 valence electrons. The summed E-state index contributed by atoms with van der Waals surface area (Å²) in [6.45, 7) is 13.8. The van der Waals surface area contributed by atoms with Crippen molar-refractivity contribution in [3.8, 4) is 0 Å². The Balaban J connectivity index is 1.85. The first-order chi connectivity index (χ1) is 12.7. The van der Waals surface area contributed by atoms with Crippen LogP contribution in [0, 0.1) is 25.7 Å². The fourth-order valence-corrected chi connectivity index (χ4v) is 3.41. The molecule has 1 fully saturated rings. The van der Waals surface area contributed by atoms with E-state index in [-0.39, 0.29) is 29.8 Å². The molecule has 0 spiro atoms. The molecule has 0 aromatic heterocycles. The number of rotatable bonds is 6. The highest BCUT2D eigenvalue weighted by Gasteiger charge is 2.30. The van der Waals surface area contributed by atoms with Crippen LogP contribution in [0.1, 0.15) is 51.7 Å². The van der Waals surface area contributed by atoms with Crippen molar-refractivity contribution in [3.05, 3.63) is 29.3 Å². The van der Waals surface area contributed by atoms with E-state index in [9.17, 15) is 9.59 Å². The van der Waals surface area contributed by atoms with E-state index in [0.717, 1.165) is 37.2 Å². The third-order valence-corrected chi connectivity index (χ3v) is 5.84. The molecule has 2 N–H and O–H groups in total. The first-order valence-corrected chi connectivity index (χ1v) is 10.1. The summed E-state index contributed by atoms with van der Waals surface area (Å²) in [6, 6.07) is 6.03. The van der Waals surface area contributed by atoms with E-state index in [2.05, 4.69) is 42.4 Å². The van der Waals surface area contributed by atoms with Gasteiger partial charge in [0.2, 0.25) is 11.8 Å². The van der Waals surface area contributed by atoms with E-state index in [4.69, 9.17) is 0 Å². The van der Waals surface area contributed by atoms with E-state index in [1.165, 1.54) is 5.56 Å². The predicted octanol–water partition coefficient (Wildman–Crippen LogP) is 3.50. The lowest BCUT2D eigenvalue weighted by Gasteiger charge is -2.35. The Hall–Kier alpha value is -1.88. The van der Waals surface area contributed by atoms with Crippen LogP contribution in [0.2, 0.25) is 0 Å². The van der Waals surface area contributed by atoms with Gasteiger partial charge in [0.25, 0.3) is 0 Å². The van der Waals surface area contributed by atoms with Crippen LogP contribution in [-0.4, -0.2) is 41.9 Å². The summed E-state index contributed by atoms with van der Waals surface area (Å²) in [5.41, 5.74) is 3.13. The van der Waals surface area contributed by atoms with Crippen molar-refractivity contribution in [3.63, 3.8) is 0 Å². The molecular weight excluding hydrogens is 338 g/mol. The number of carbonyl (C=O) groups excluding carboxylic acids is 2. The summed E-state index contributed by atoms with van der Waals surface area (Å²) in [6.07, 6.45) is 1.61. The number of anilines is 1. The first kappa shape index (κ1) is 21.4. The van der Waals surface area contributed by atoms with E-state index in [1.807, 2.05) is 32.9 Å². The Morgan fingerprint density at radius 3 is 2.26 bits per heavy atom. The van der Waals surface area contributed by atoms with Gasteiger partial charge in [-0.25, -0.2) is 0 Å². The van der Waals surface area contributed by atoms with Crippen LogP contribution in [0.3, 0.4) is 0 Å². The van der Waals surface area contributed by atoms with Gasteiger partial charge in [0.1, 0.15) is 0 Å². The largest absolute Gasteiger partial charge is 0.353 e. The molecule has 5 heteroatoms. The summed E-state index contributed by atoms with van der Waals surface area (Å²) >= 11 is 0. The molecule has 0 bridgehead atoms. The number of benzene rings is 1. The van der Waals surface area contributed by atoms with E-state index < -0.39 is 0 Å². The monoisotopic (exact) mass is 373 g/mol. The average molecular weight is 374 g/mol. The van der Waals surface area contributed by atoms with Gasteiger partial charge in [-0.1, -0.05) is 31.5 Å². The van der Waals surface area contributed by atoms with Crippen molar-refractivity contribution in [2.75, 3.05) is 18.4 Å². The molecule has 2 atom stereocenters. The van der Waals surface area contributed by atoms with Gasteiger partial charge in [-0.2, -0.15) is 0 Å². The lowest BCUT2D eigenvalue weighted by Crippen LogP contribution is -2.49. The molecule has 0 aliphatic carbocycles.